The third kappa shape index (κ3) is 6.49. The van der Waals surface area contributed by atoms with Crippen LogP contribution in [0, 0.1) is 0 Å². The van der Waals surface area contributed by atoms with E-state index in [2.05, 4.69) is 25.4 Å². The van der Waals surface area contributed by atoms with Gasteiger partial charge in [-0.15, -0.1) is 0 Å². The van der Waals surface area contributed by atoms with Crippen LogP contribution in [0.4, 0.5) is 11.4 Å². The van der Waals surface area contributed by atoms with E-state index >= 15 is 0 Å². The summed E-state index contributed by atoms with van der Waals surface area (Å²) in [6.07, 6.45) is 4.37. The number of nitrogens with zero attached hydrogens (tertiary/aromatic N) is 5. The van der Waals surface area contributed by atoms with Crippen LogP contribution in [0.25, 0.3) is 11.1 Å². The van der Waals surface area contributed by atoms with Crippen molar-refractivity contribution in [2.24, 2.45) is 0 Å². The molecule has 1 saturated heterocycles. The lowest BCUT2D eigenvalue weighted by Gasteiger charge is -2.36. The molecule has 0 bridgehead atoms. The molecule has 1 fully saturated rings. The van der Waals surface area contributed by atoms with Gasteiger partial charge >= 0.3 is 17.6 Å². The summed E-state index contributed by atoms with van der Waals surface area (Å²) in [6.45, 7) is 6.18. The number of amides is 2. The van der Waals surface area contributed by atoms with Gasteiger partial charge in [0.2, 0.25) is 0 Å². The van der Waals surface area contributed by atoms with Gasteiger partial charge < -0.3 is 24.9 Å². The Labute approximate surface area is 209 Å². The minimum absolute atomic E-state index is 0.418. The Balaban J connectivity index is 1.20. The van der Waals surface area contributed by atoms with Crippen molar-refractivity contribution in [3.05, 3.63) is 53.3 Å². The van der Waals surface area contributed by atoms with E-state index in [1.165, 1.54) is 10.3 Å². The molecule has 0 aliphatic carbocycles. The summed E-state index contributed by atoms with van der Waals surface area (Å²) < 4.78 is 6.79. The first kappa shape index (κ1) is 25.4. The number of carbonyl (C=O) groups excluding carboxylic acids is 2. The standard InChI is InChI=1S/C25H33N7O4/c1-29(2)12-17-32-21-18-19(4-5-22(21)36-25(32)35)28-24(34)23(33)27-8-3-11-30-13-15-31(16-14-30)20-6-9-26-10-7-20/h4-7,9-10,18H,3,8,11-17H2,1-2H3,(H,27,33)(H,28,34). The van der Waals surface area contributed by atoms with Crippen LogP contribution >= 0.6 is 0 Å². The minimum Gasteiger partial charge on any atom is -0.408 e. The smallest absolute Gasteiger partial charge is 0.408 e. The van der Waals surface area contributed by atoms with Crippen LogP contribution in [0.15, 0.2) is 51.9 Å². The summed E-state index contributed by atoms with van der Waals surface area (Å²) in [7, 11) is 3.84. The van der Waals surface area contributed by atoms with E-state index in [9.17, 15) is 14.4 Å². The summed E-state index contributed by atoms with van der Waals surface area (Å²) in [5.74, 6) is -1.88. The molecule has 1 aliphatic heterocycles. The maximum Gasteiger partial charge on any atom is 0.419 e. The van der Waals surface area contributed by atoms with Crippen molar-refractivity contribution < 1.29 is 14.0 Å². The average Bonchev–Trinajstić information content (AvgIpc) is 3.20. The van der Waals surface area contributed by atoms with E-state index in [4.69, 9.17) is 4.42 Å². The Bertz CT molecular complexity index is 1230. The molecule has 3 aromatic rings. The fraction of sp³-hybridized carbons (Fsp3) is 0.440. The van der Waals surface area contributed by atoms with E-state index in [0.717, 1.165) is 39.1 Å². The van der Waals surface area contributed by atoms with Gasteiger partial charge in [-0.1, -0.05) is 0 Å². The van der Waals surface area contributed by atoms with Crippen molar-refractivity contribution in [3.8, 4) is 0 Å². The summed E-state index contributed by atoms with van der Waals surface area (Å²) in [5.41, 5.74) is 2.62. The van der Waals surface area contributed by atoms with E-state index < -0.39 is 17.6 Å². The van der Waals surface area contributed by atoms with Crippen LogP contribution in [-0.4, -0.2) is 91.1 Å². The van der Waals surface area contributed by atoms with E-state index in [0.29, 0.717) is 36.4 Å². The zero-order chi connectivity index (χ0) is 25.5. The number of benzene rings is 1. The van der Waals surface area contributed by atoms with Crippen LogP contribution in [0.2, 0.25) is 0 Å². The Hall–Kier alpha value is -3.70. The van der Waals surface area contributed by atoms with Gasteiger partial charge in [-0.2, -0.15) is 0 Å². The first-order valence-corrected chi connectivity index (χ1v) is 12.2. The van der Waals surface area contributed by atoms with Crippen LogP contribution in [0.5, 0.6) is 0 Å². The molecule has 3 heterocycles. The summed E-state index contributed by atoms with van der Waals surface area (Å²) in [5, 5.41) is 5.30. The number of oxazole rings is 1. The number of pyridine rings is 1. The monoisotopic (exact) mass is 495 g/mol. The molecular weight excluding hydrogens is 462 g/mol. The van der Waals surface area contributed by atoms with Gasteiger partial charge in [0.05, 0.1) is 5.52 Å². The SMILES string of the molecule is CN(C)CCn1c(=O)oc2ccc(NC(=O)C(=O)NCCCN3CCN(c4ccncc4)CC3)cc21. The van der Waals surface area contributed by atoms with Crippen LogP contribution in [0.1, 0.15) is 6.42 Å². The molecule has 1 aliphatic rings. The van der Waals surface area contributed by atoms with Gasteiger partial charge in [-0.25, -0.2) is 4.79 Å². The van der Waals surface area contributed by atoms with Gasteiger partial charge in [-0.3, -0.25) is 24.0 Å². The first-order valence-electron chi connectivity index (χ1n) is 12.2. The molecule has 1 aromatic carbocycles. The minimum atomic E-state index is -0.744. The third-order valence-electron chi connectivity index (χ3n) is 6.24. The highest BCUT2D eigenvalue weighted by Gasteiger charge is 2.18. The predicted octanol–water partition coefficient (Wildman–Crippen LogP) is 0.818. The Morgan fingerprint density at radius 2 is 1.78 bits per heavy atom. The van der Waals surface area contributed by atoms with Gasteiger partial charge in [0, 0.05) is 69.6 Å². The highest BCUT2D eigenvalue weighted by Crippen LogP contribution is 2.19. The van der Waals surface area contributed by atoms with Crippen molar-refractivity contribution in [3.63, 3.8) is 0 Å². The third-order valence-corrected chi connectivity index (χ3v) is 6.24. The lowest BCUT2D eigenvalue weighted by atomic mass is 10.2. The number of hydrogen-bond donors (Lipinski definition) is 2. The Morgan fingerprint density at radius 1 is 1.03 bits per heavy atom. The predicted molar refractivity (Wildman–Crippen MR) is 138 cm³/mol. The zero-order valence-corrected chi connectivity index (χ0v) is 20.8. The molecular formula is C25H33N7O4. The van der Waals surface area contributed by atoms with Gasteiger partial charge in [0.15, 0.2) is 5.58 Å². The summed E-state index contributed by atoms with van der Waals surface area (Å²) in [6, 6.07) is 8.91. The zero-order valence-electron chi connectivity index (χ0n) is 20.8. The largest absolute Gasteiger partial charge is 0.419 e. The maximum atomic E-state index is 12.4. The van der Waals surface area contributed by atoms with Crippen molar-refractivity contribution in [2.75, 3.05) is 70.1 Å². The number of aromatic nitrogens is 2. The van der Waals surface area contributed by atoms with Gasteiger partial charge in [-0.05, 0) is 57.4 Å². The number of piperazine rings is 1. The number of hydrogen-bond acceptors (Lipinski definition) is 8. The highest BCUT2D eigenvalue weighted by atomic mass is 16.4. The molecule has 0 radical (unpaired) electrons. The molecule has 2 N–H and O–H groups in total. The van der Waals surface area contributed by atoms with Crippen molar-refractivity contribution in [2.45, 2.75) is 13.0 Å². The van der Waals surface area contributed by atoms with Crippen LogP contribution in [0.3, 0.4) is 0 Å². The molecule has 2 aromatic heterocycles. The van der Waals surface area contributed by atoms with Crippen LogP contribution < -0.4 is 21.3 Å². The fourth-order valence-electron chi connectivity index (χ4n) is 4.21. The van der Waals surface area contributed by atoms with Gasteiger partial charge in [0.1, 0.15) is 0 Å². The van der Waals surface area contributed by atoms with Crippen LogP contribution in [-0.2, 0) is 16.1 Å². The van der Waals surface area contributed by atoms with Crippen molar-refractivity contribution in [1.82, 2.24) is 24.7 Å². The number of anilines is 2. The molecule has 0 unspecified atom stereocenters. The number of rotatable bonds is 9. The normalized spacial score (nSPS) is 14.4. The molecule has 4 rings (SSSR count). The molecule has 0 spiro atoms. The molecule has 0 atom stereocenters. The average molecular weight is 496 g/mol. The van der Waals surface area contributed by atoms with E-state index in [1.807, 2.05) is 31.1 Å². The number of fused-ring (bicyclic) bond motifs is 1. The second kappa shape index (κ2) is 11.8. The topological polar surface area (TPSA) is 116 Å². The first-order chi connectivity index (χ1) is 17.4. The number of nitrogens with one attached hydrogen (secondary N) is 2. The van der Waals surface area contributed by atoms with Gasteiger partial charge in [0.25, 0.3) is 0 Å². The molecule has 2 amide bonds. The lowest BCUT2D eigenvalue weighted by molar-refractivity contribution is -0.136. The second-order valence-electron chi connectivity index (χ2n) is 9.10. The molecule has 36 heavy (non-hydrogen) atoms. The lowest BCUT2D eigenvalue weighted by Crippen LogP contribution is -2.47. The Kier molecular flexibility index (Phi) is 8.34. The quantitative estimate of drug-likeness (QED) is 0.331. The molecule has 11 nitrogen and oxygen atoms in total. The summed E-state index contributed by atoms with van der Waals surface area (Å²) in [4.78, 5) is 47.5. The summed E-state index contributed by atoms with van der Waals surface area (Å²) >= 11 is 0. The molecule has 11 heteroatoms. The second-order valence-corrected chi connectivity index (χ2v) is 9.10. The molecule has 192 valence electrons. The maximum absolute atomic E-state index is 12.4. The number of likely N-dealkylation sites (N-methyl/N-ethyl adjacent to an activating group) is 1. The molecule has 0 saturated carbocycles. The van der Waals surface area contributed by atoms with Crippen molar-refractivity contribution >= 4 is 34.3 Å². The Morgan fingerprint density at radius 3 is 2.50 bits per heavy atom. The number of carbonyl (C=O) groups is 2. The highest BCUT2D eigenvalue weighted by molar-refractivity contribution is 6.39. The fourth-order valence-corrected chi connectivity index (χ4v) is 4.21. The van der Waals surface area contributed by atoms with E-state index in [1.54, 1.807) is 30.6 Å². The van der Waals surface area contributed by atoms with Crippen molar-refractivity contribution in [1.29, 1.82) is 0 Å². The van der Waals surface area contributed by atoms with E-state index in [-0.39, 0.29) is 0 Å².